The first kappa shape index (κ1) is 13.2. The van der Waals surface area contributed by atoms with Crippen LogP contribution in [0.25, 0.3) is 0 Å². The molecule has 2 nitrogen and oxygen atoms in total. The minimum Gasteiger partial charge on any atom is -0.313 e. The van der Waals surface area contributed by atoms with E-state index in [4.69, 9.17) is 0 Å². The number of hydrogen-bond donors (Lipinski definition) is 1. The van der Waals surface area contributed by atoms with E-state index in [0.717, 1.165) is 20.4 Å². The van der Waals surface area contributed by atoms with Crippen LogP contribution in [-0.4, -0.2) is 12.0 Å². The van der Waals surface area contributed by atoms with E-state index in [2.05, 4.69) is 54.3 Å². The van der Waals surface area contributed by atoms with E-state index in [1.54, 1.807) is 11.3 Å². The number of nitrogens with zero attached hydrogens (tertiary/aromatic N) is 1. The molecule has 1 aromatic carbocycles. The lowest BCUT2D eigenvalue weighted by molar-refractivity contribution is 0.590. The normalized spacial score (nSPS) is 12.6. The van der Waals surface area contributed by atoms with Crippen LogP contribution in [0.2, 0.25) is 0 Å². The van der Waals surface area contributed by atoms with Gasteiger partial charge in [0.1, 0.15) is 0 Å². The number of aromatic nitrogens is 1. The molecule has 2 rings (SSSR count). The number of nitrogens with one attached hydrogen (secondary N) is 1. The van der Waals surface area contributed by atoms with Crippen molar-refractivity contribution in [3.05, 3.63) is 49.3 Å². The van der Waals surface area contributed by atoms with Gasteiger partial charge >= 0.3 is 0 Å². The Hall–Kier alpha value is -0.230. The van der Waals surface area contributed by atoms with E-state index >= 15 is 0 Å². The van der Waals surface area contributed by atoms with E-state index in [1.165, 1.54) is 5.56 Å². The third-order valence-corrected chi connectivity index (χ3v) is 4.22. The maximum Gasteiger partial charge on any atom is 0.0943 e. The number of rotatable bonds is 4. The molecular formula is C12H12Br2N2S. The van der Waals surface area contributed by atoms with Crippen molar-refractivity contribution in [2.24, 2.45) is 0 Å². The lowest BCUT2D eigenvalue weighted by Gasteiger charge is -2.16. The highest BCUT2D eigenvalue weighted by molar-refractivity contribution is 9.11. The van der Waals surface area contributed by atoms with Gasteiger partial charge in [-0.25, -0.2) is 4.98 Å². The highest BCUT2D eigenvalue weighted by Crippen LogP contribution is 2.26. The fourth-order valence-corrected chi connectivity index (χ4v) is 3.68. The van der Waals surface area contributed by atoms with Gasteiger partial charge in [0.2, 0.25) is 0 Å². The number of hydrogen-bond acceptors (Lipinski definition) is 3. The smallest absolute Gasteiger partial charge is 0.0943 e. The molecule has 0 radical (unpaired) electrons. The second-order valence-electron chi connectivity index (χ2n) is 3.67. The molecule has 0 spiro atoms. The third-order valence-electron chi connectivity index (χ3n) is 2.50. The van der Waals surface area contributed by atoms with Crippen molar-refractivity contribution in [1.82, 2.24) is 10.3 Å². The number of thiazole rings is 1. The molecule has 1 heterocycles. The average Bonchev–Trinajstić information content (AvgIpc) is 2.77. The molecule has 0 fully saturated rings. The Morgan fingerprint density at radius 2 is 2.00 bits per heavy atom. The molecule has 0 bridgehead atoms. The van der Waals surface area contributed by atoms with Crippen molar-refractivity contribution >= 4 is 43.2 Å². The van der Waals surface area contributed by atoms with Crippen LogP contribution in [0.15, 0.2) is 38.7 Å². The summed E-state index contributed by atoms with van der Waals surface area (Å²) in [5.74, 6) is 0. The molecule has 0 amide bonds. The SMILES string of the molecule is CNC(Cc1nccs1)c1cc(Br)cc(Br)c1. The fourth-order valence-electron chi connectivity index (χ4n) is 1.69. The molecule has 0 saturated heterocycles. The maximum absolute atomic E-state index is 4.33. The van der Waals surface area contributed by atoms with Crippen LogP contribution in [0.1, 0.15) is 16.6 Å². The van der Waals surface area contributed by atoms with Gasteiger partial charge in [0, 0.05) is 33.0 Å². The van der Waals surface area contributed by atoms with E-state index in [0.29, 0.717) is 0 Å². The molecule has 17 heavy (non-hydrogen) atoms. The first-order chi connectivity index (χ1) is 8.19. The van der Waals surface area contributed by atoms with Crippen molar-refractivity contribution in [2.45, 2.75) is 12.5 Å². The van der Waals surface area contributed by atoms with Gasteiger partial charge in [-0.3, -0.25) is 0 Å². The summed E-state index contributed by atoms with van der Waals surface area (Å²) in [4.78, 5) is 4.33. The lowest BCUT2D eigenvalue weighted by atomic mass is 10.0. The zero-order valence-electron chi connectivity index (χ0n) is 9.28. The second kappa shape index (κ2) is 6.09. The largest absolute Gasteiger partial charge is 0.313 e. The molecule has 1 N–H and O–H groups in total. The van der Waals surface area contributed by atoms with Crippen LogP contribution in [0.5, 0.6) is 0 Å². The molecule has 1 atom stereocenters. The predicted molar refractivity (Wildman–Crippen MR) is 79.5 cm³/mol. The van der Waals surface area contributed by atoms with Gasteiger partial charge in [-0.05, 0) is 30.8 Å². The van der Waals surface area contributed by atoms with Crippen LogP contribution in [0.4, 0.5) is 0 Å². The first-order valence-electron chi connectivity index (χ1n) is 5.20. The predicted octanol–water partition coefficient (Wildman–Crippen LogP) is 4.17. The molecule has 1 aromatic heterocycles. The van der Waals surface area contributed by atoms with Gasteiger partial charge in [-0.15, -0.1) is 11.3 Å². The summed E-state index contributed by atoms with van der Waals surface area (Å²) in [5, 5.41) is 6.50. The molecule has 5 heteroatoms. The zero-order valence-corrected chi connectivity index (χ0v) is 13.3. The van der Waals surface area contributed by atoms with Crippen LogP contribution in [0.3, 0.4) is 0 Å². The molecule has 1 unspecified atom stereocenters. The van der Waals surface area contributed by atoms with E-state index < -0.39 is 0 Å². The Balaban J connectivity index is 2.22. The van der Waals surface area contributed by atoms with E-state index in [-0.39, 0.29) is 6.04 Å². The summed E-state index contributed by atoms with van der Waals surface area (Å²) in [6, 6.07) is 6.61. The summed E-state index contributed by atoms with van der Waals surface area (Å²) >= 11 is 8.73. The Morgan fingerprint density at radius 3 is 2.53 bits per heavy atom. The molecule has 2 aromatic rings. The third kappa shape index (κ3) is 3.61. The Kier molecular flexibility index (Phi) is 4.73. The van der Waals surface area contributed by atoms with Crippen molar-refractivity contribution in [2.75, 3.05) is 7.05 Å². The van der Waals surface area contributed by atoms with Gasteiger partial charge < -0.3 is 5.32 Å². The molecule has 0 saturated carbocycles. The summed E-state index contributed by atoms with van der Waals surface area (Å²) in [6.45, 7) is 0. The van der Waals surface area contributed by atoms with E-state index in [1.807, 2.05) is 24.7 Å². The Morgan fingerprint density at radius 1 is 1.29 bits per heavy atom. The van der Waals surface area contributed by atoms with Crippen molar-refractivity contribution in [3.8, 4) is 0 Å². The quantitative estimate of drug-likeness (QED) is 0.867. The van der Waals surface area contributed by atoms with Crippen molar-refractivity contribution in [3.63, 3.8) is 0 Å². The summed E-state index contributed by atoms with van der Waals surface area (Å²) in [6.07, 6.45) is 2.76. The fraction of sp³-hybridized carbons (Fsp3) is 0.250. The van der Waals surface area contributed by atoms with Gasteiger partial charge in [0.05, 0.1) is 5.01 Å². The summed E-state index contributed by atoms with van der Waals surface area (Å²) < 4.78 is 2.17. The minimum atomic E-state index is 0.287. The minimum absolute atomic E-state index is 0.287. The number of likely N-dealkylation sites (N-methyl/N-ethyl adjacent to an activating group) is 1. The first-order valence-corrected chi connectivity index (χ1v) is 7.67. The standard InChI is InChI=1S/C12H12Br2N2S/c1-15-11(7-12-16-2-3-17-12)8-4-9(13)6-10(14)5-8/h2-6,11,15H,7H2,1H3. The molecule has 90 valence electrons. The van der Waals surface area contributed by atoms with Crippen LogP contribution < -0.4 is 5.32 Å². The van der Waals surface area contributed by atoms with Crippen LogP contribution >= 0.6 is 43.2 Å². The average molecular weight is 376 g/mol. The molecule has 0 aliphatic rings. The molecular weight excluding hydrogens is 364 g/mol. The van der Waals surface area contributed by atoms with Crippen LogP contribution in [0, 0.1) is 0 Å². The molecule has 0 aliphatic heterocycles. The van der Waals surface area contributed by atoms with Gasteiger partial charge in [0.25, 0.3) is 0 Å². The Labute approximate surface area is 122 Å². The monoisotopic (exact) mass is 374 g/mol. The van der Waals surface area contributed by atoms with E-state index in [9.17, 15) is 0 Å². The highest BCUT2D eigenvalue weighted by atomic mass is 79.9. The van der Waals surface area contributed by atoms with Crippen molar-refractivity contribution < 1.29 is 0 Å². The van der Waals surface area contributed by atoms with Gasteiger partial charge in [0.15, 0.2) is 0 Å². The zero-order chi connectivity index (χ0) is 12.3. The Bertz CT molecular complexity index is 465. The molecule has 0 aliphatic carbocycles. The van der Waals surface area contributed by atoms with Crippen molar-refractivity contribution in [1.29, 1.82) is 0 Å². The van der Waals surface area contributed by atoms with Gasteiger partial charge in [-0.2, -0.15) is 0 Å². The number of halogens is 2. The van der Waals surface area contributed by atoms with Crippen LogP contribution in [-0.2, 0) is 6.42 Å². The topological polar surface area (TPSA) is 24.9 Å². The second-order valence-corrected chi connectivity index (χ2v) is 6.48. The van der Waals surface area contributed by atoms with Gasteiger partial charge in [-0.1, -0.05) is 31.9 Å². The lowest BCUT2D eigenvalue weighted by Crippen LogP contribution is -2.18. The maximum atomic E-state index is 4.33. The summed E-state index contributed by atoms with van der Waals surface area (Å²) in [5.41, 5.74) is 1.25. The summed E-state index contributed by atoms with van der Waals surface area (Å²) in [7, 11) is 1.98. The number of benzene rings is 1. The highest BCUT2D eigenvalue weighted by Gasteiger charge is 2.12.